The van der Waals surface area contributed by atoms with Gasteiger partial charge in [-0.25, -0.2) is 9.69 Å². The lowest BCUT2D eigenvalue weighted by Crippen LogP contribution is -2.65. The van der Waals surface area contributed by atoms with Gasteiger partial charge in [-0.2, -0.15) is 0 Å². The molecular weight excluding hydrogens is 346 g/mol. The van der Waals surface area contributed by atoms with Crippen LogP contribution in [-0.2, 0) is 14.0 Å². The monoisotopic (exact) mass is 377 g/mol. The molecule has 1 aromatic carbocycles. The maximum Gasteiger partial charge on any atom is 0.417 e. The molecule has 26 heavy (non-hydrogen) atoms. The first-order chi connectivity index (χ1) is 12.2. The highest BCUT2D eigenvalue weighted by Gasteiger charge is 2.55. The number of likely N-dealkylation sites (tertiary alicyclic amines) is 1. The van der Waals surface area contributed by atoms with Crippen LogP contribution >= 0.6 is 0 Å². The van der Waals surface area contributed by atoms with E-state index in [9.17, 15) is 9.59 Å². The summed E-state index contributed by atoms with van der Waals surface area (Å²) in [7, 11) is -1.98. The highest BCUT2D eigenvalue weighted by atomic mass is 28.4. The highest BCUT2D eigenvalue weighted by molar-refractivity contribution is 6.73. The molecule has 1 fully saturated rings. The molecule has 1 aliphatic rings. The van der Waals surface area contributed by atoms with Crippen LogP contribution in [0.2, 0.25) is 18.1 Å². The fraction of sp³-hybridized carbons (Fsp3) is 0.600. The molecule has 1 saturated heterocycles. The summed E-state index contributed by atoms with van der Waals surface area (Å²) in [4.78, 5) is 26.6. The van der Waals surface area contributed by atoms with Crippen molar-refractivity contribution in [3.8, 4) is 0 Å². The van der Waals surface area contributed by atoms with Gasteiger partial charge in [0.05, 0.1) is 0 Å². The minimum absolute atomic E-state index is 0.291. The van der Waals surface area contributed by atoms with Gasteiger partial charge in [-0.05, 0) is 44.5 Å². The number of ether oxygens (including phenoxy) is 1. The number of benzene rings is 1. The third kappa shape index (κ3) is 4.18. The van der Waals surface area contributed by atoms with E-state index in [0.717, 1.165) is 23.7 Å². The van der Waals surface area contributed by atoms with Crippen molar-refractivity contribution in [3.05, 3.63) is 35.9 Å². The van der Waals surface area contributed by atoms with Gasteiger partial charge >= 0.3 is 6.09 Å². The largest absolute Gasteiger partial charge is 0.443 e. The minimum atomic E-state index is -1.98. The topological polar surface area (TPSA) is 55.8 Å². The predicted octanol–water partition coefficient (Wildman–Crippen LogP) is 4.90. The molecule has 1 aliphatic heterocycles. The number of rotatable bonds is 6. The van der Waals surface area contributed by atoms with E-state index in [2.05, 4.69) is 20.8 Å². The molecule has 6 heteroatoms. The lowest BCUT2D eigenvalue weighted by molar-refractivity contribution is -0.162. The maximum atomic E-state index is 12.8. The fourth-order valence-corrected chi connectivity index (χ4v) is 6.10. The third-order valence-electron chi connectivity index (χ3n) is 5.09. The maximum absolute atomic E-state index is 12.8. The Bertz CT molecular complexity index is 629. The van der Waals surface area contributed by atoms with Crippen molar-refractivity contribution in [2.75, 3.05) is 0 Å². The summed E-state index contributed by atoms with van der Waals surface area (Å²) in [6.45, 7) is 11.8. The third-order valence-corrected chi connectivity index (χ3v) is 9.71. The van der Waals surface area contributed by atoms with Crippen molar-refractivity contribution < 1.29 is 18.8 Å². The molecule has 0 spiro atoms. The Hall–Kier alpha value is -1.66. The van der Waals surface area contributed by atoms with Crippen LogP contribution in [0.15, 0.2) is 30.3 Å². The molecule has 2 amide bonds. The van der Waals surface area contributed by atoms with E-state index in [4.69, 9.17) is 9.16 Å². The Kier molecular flexibility index (Phi) is 6.29. The molecule has 144 valence electrons. The molecule has 0 bridgehead atoms. The zero-order valence-electron chi connectivity index (χ0n) is 16.7. The Morgan fingerprint density at radius 2 is 1.62 bits per heavy atom. The van der Waals surface area contributed by atoms with Gasteiger partial charge in [-0.15, -0.1) is 0 Å². The summed E-state index contributed by atoms with van der Waals surface area (Å²) in [5, 5.41) is 0. The Morgan fingerprint density at radius 1 is 1.08 bits per heavy atom. The lowest BCUT2D eigenvalue weighted by Gasteiger charge is -2.48. The summed E-state index contributed by atoms with van der Waals surface area (Å²) < 4.78 is 11.9. The van der Waals surface area contributed by atoms with Crippen LogP contribution in [0.3, 0.4) is 0 Å². The molecule has 2 atom stereocenters. The second-order valence-electron chi connectivity index (χ2n) is 7.83. The SMILES string of the molecule is CC[Si](CC)(CC)O[C@H]1C(=O)N(C(=O)OC(C)(C)C)[C@@H]1c1ccccc1. The first-order valence-electron chi connectivity index (χ1n) is 9.47. The quantitative estimate of drug-likeness (QED) is 0.523. The first kappa shape index (κ1) is 20.6. The average molecular weight is 378 g/mol. The zero-order chi connectivity index (χ0) is 19.5. The zero-order valence-corrected chi connectivity index (χ0v) is 17.7. The molecule has 1 heterocycles. The number of carbonyl (C=O) groups excluding carboxylic acids is 2. The van der Waals surface area contributed by atoms with Gasteiger partial charge < -0.3 is 9.16 Å². The first-order valence-corrected chi connectivity index (χ1v) is 12.0. The second-order valence-corrected chi connectivity index (χ2v) is 12.5. The van der Waals surface area contributed by atoms with Gasteiger partial charge in [0.25, 0.3) is 5.91 Å². The van der Waals surface area contributed by atoms with E-state index in [0.29, 0.717) is 0 Å². The Balaban J connectivity index is 2.32. The van der Waals surface area contributed by atoms with Crippen LogP contribution in [0.1, 0.15) is 53.1 Å². The van der Waals surface area contributed by atoms with Crippen molar-refractivity contribution in [2.24, 2.45) is 0 Å². The summed E-state index contributed by atoms with van der Waals surface area (Å²) in [5.74, 6) is -0.291. The number of β-lactam (4-membered cyclic amide) rings is 1. The van der Waals surface area contributed by atoms with Crippen LogP contribution in [0.5, 0.6) is 0 Å². The average Bonchev–Trinajstić information content (AvgIpc) is 2.60. The standard InChI is InChI=1S/C20H31NO4Si/c1-7-26(8-2,9-3)25-17-16(15-13-11-10-12-14-15)21(18(17)22)19(23)24-20(4,5)6/h10-14,16-17H,7-9H2,1-6H3/t16-,17-/m1/s1. The van der Waals surface area contributed by atoms with Crippen LogP contribution in [-0.4, -0.2) is 36.9 Å². The van der Waals surface area contributed by atoms with E-state index in [1.807, 2.05) is 30.3 Å². The van der Waals surface area contributed by atoms with Crippen molar-refractivity contribution >= 4 is 20.3 Å². The van der Waals surface area contributed by atoms with E-state index >= 15 is 0 Å². The number of hydrogen-bond donors (Lipinski definition) is 0. The van der Waals surface area contributed by atoms with E-state index in [1.54, 1.807) is 20.8 Å². The fourth-order valence-electron chi connectivity index (χ4n) is 3.34. The molecule has 0 aromatic heterocycles. The normalized spacial score (nSPS) is 20.7. The molecule has 5 nitrogen and oxygen atoms in total. The molecule has 0 saturated carbocycles. The molecule has 0 N–H and O–H groups in total. The molecular formula is C20H31NO4Si. The number of nitrogens with zero attached hydrogens (tertiary/aromatic N) is 1. The summed E-state index contributed by atoms with van der Waals surface area (Å²) in [6.07, 6.45) is -1.20. The van der Waals surface area contributed by atoms with Crippen LogP contribution in [0, 0.1) is 0 Å². The van der Waals surface area contributed by atoms with E-state index in [-0.39, 0.29) is 5.91 Å². The van der Waals surface area contributed by atoms with Gasteiger partial charge in [-0.3, -0.25) is 4.79 Å². The van der Waals surface area contributed by atoms with Crippen LogP contribution in [0.25, 0.3) is 0 Å². The summed E-state index contributed by atoms with van der Waals surface area (Å²) in [6, 6.07) is 12.0. The number of carbonyl (C=O) groups is 2. The van der Waals surface area contributed by atoms with E-state index < -0.39 is 32.2 Å². The number of hydrogen-bond acceptors (Lipinski definition) is 4. The predicted molar refractivity (Wildman–Crippen MR) is 104 cm³/mol. The molecule has 0 radical (unpaired) electrons. The van der Waals surface area contributed by atoms with Crippen molar-refractivity contribution in [2.45, 2.75) is 77.4 Å². The van der Waals surface area contributed by atoms with Gasteiger partial charge in [0.2, 0.25) is 0 Å². The number of imide groups is 1. The summed E-state index contributed by atoms with van der Waals surface area (Å²) >= 11 is 0. The van der Waals surface area contributed by atoms with Gasteiger partial charge in [0, 0.05) is 0 Å². The molecule has 1 aromatic rings. The van der Waals surface area contributed by atoms with Gasteiger partial charge in [0.1, 0.15) is 11.6 Å². The molecule has 0 aliphatic carbocycles. The second kappa shape index (κ2) is 7.92. The highest BCUT2D eigenvalue weighted by Crippen LogP contribution is 2.41. The van der Waals surface area contributed by atoms with Crippen molar-refractivity contribution in [1.82, 2.24) is 4.90 Å². The van der Waals surface area contributed by atoms with Crippen molar-refractivity contribution in [3.63, 3.8) is 0 Å². The van der Waals surface area contributed by atoms with Crippen LogP contribution in [0.4, 0.5) is 4.79 Å². The Morgan fingerprint density at radius 3 is 2.08 bits per heavy atom. The van der Waals surface area contributed by atoms with Gasteiger partial charge in [0.15, 0.2) is 14.4 Å². The van der Waals surface area contributed by atoms with Crippen LogP contribution < -0.4 is 0 Å². The molecule has 0 unspecified atom stereocenters. The molecule has 2 rings (SSSR count). The van der Waals surface area contributed by atoms with Crippen molar-refractivity contribution in [1.29, 1.82) is 0 Å². The van der Waals surface area contributed by atoms with Gasteiger partial charge in [-0.1, -0.05) is 51.1 Å². The Labute approximate surface area is 157 Å². The number of amides is 2. The summed E-state index contributed by atoms with van der Waals surface area (Å²) in [5.41, 5.74) is 0.244. The smallest absolute Gasteiger partial charge is 0.417 e. The minimum Gasteiger partial charge on any atom is -0.443 e. The van der Waals surface area contributed by atoms with E-state index in [1.165, 1.54) is 4.90 Å². The lowest BCUT2D eigenvalue weighted by atomic mass is 9.91.